The first-order valence-electron chi connectivity index (χ1n) is 12.5. The minimum absolute atomic E-state index is 0.0269. The number of carboxylic acid groups (broad SMARTS) is 1. The number of aryl methyl sites for hydroxylation is 1. The number of hydrogen-bond acceptors (Lipinski definition) is 5. The van der Waals surface area contributed by atoms with Gasteiger partial charge in [0.2, 0.25) is 0 Å². The van der Waals surface area contributed by atoms with E-state index in [4.69, 9.17) is 21.1 Å². The van der Waals surface area contributed by atoms with Crippen molar-refractivity contribution in [1.29, 1.82) is 0 Å². The fourth-order valence-corrected chi connectivity index (χ4v) is 5.97. The standard InChI is InChI=1S/C28H29ClFN3O5/c1-17(19-5-3-4-6-22(19)29)38-26(36)32-25-20(15-31-33(25)2)18-7-8-21(23(30)13-18)27-9-11-28(12-10-27,37-16-27)14-24(34)35/h3-8,13,15,17H,9-12,14,16H2,1-2H3,(H,32,36)(H,34,35)/t17-,27?,28?/m1/s1. The lowest BCUT2D eigenvalue weighted by Crippen LogP contribution is -2.54. The topological polar surface area (TPSA) is 103 Å². The van der Waals surface area contributed by atoms with Crippen LogP contribution in [0.3, 0.4) is 0 Å². The van der Waals surface area contributed by atoms with E-state index in [1.54, 1.807) is 50.5 Å². The van der Waals surface area contributed by atoms with Gasteiger partial charge in [0, 0.05) is 28.6 Å². The smallest absolute Gasteiger partial charge is 0.413 e. The normalized spacial score (nSPS) is 23.2. The maximum Gasteiger partial charge on any atom is 0.413 e. The number of nitrogens with one attached hydrogen (secondary N) is 1. The maximum absolute atomic E-state index is 15.6. The summed E-state index contributed by atoms with van der Waals surface area (Å²) in [6, 6.07) is 12.1. The minimum atomic E-state index is -0.877. The van der Waals surface area contributed by atoms with E-state index in [-0.39, 0.29) is 12.2 Å². The highest BCUT2D eigenvalue weighted by atomic mass is 35.5. The van der Waals surface area contributed by atoms with E-state index in [2.05, 4.69) is 10.4 Å². The lowest BCUT2D eigenvalue weighted by molar-refractivity contribution is -0.175. The molecule has 2 saturated heterocycles. The Balaban J connectivity index is 1.33. The van der Waals surface area contributed by atoms with Crippen molar-refractivity contribution in [3.63, 3.8) is 0 Å². The molecule has 3 fully saturated rings. The van der Waals surface area contributed by atoms with Crippen molar-refractivity contribution in [1.82, 2.24) is 9.78 Å². The number of hydrogen-bond donors (Lipinski definition) is 2. The number of nitrogens with zero attached hydrogens (tertiary/aromatic N) is 2. The summed E-state index contributed by atoms with van der Waals surface area (Å²) < 4.78 is 28.6. The van der Waals surface area contributed by atoms with Crippen LogP contribution in [0.15, 0.2) is 48.7 Å². The van der Waals surface area contributed by atoms with Gasteiger partial charge >= 0.3 is 12.1 Å². The predicted octanol–water partition coefficient (Wildman–Crippen LogP) is 6.24. The summed E-state index contributed by atoms with van der Waals surface area (Å²) in [5, 5.41) is 16.7. The zero-order chi connectivity index (χ0) is 27.1. The summed E-state index contributed by atoms with van der Waals surface area (Å²) in [5.74, 6) is -0.884. The molecule has 38 heavy (non-hydrogen) atoms. The van der Waals surface area contributed by atoms with Gasteiger partial charge in [0.1, 0.15) is 17.7 Å². The quantitative estimate of drug-likeness (QED) is 0.367. The molecule has 8 nitrogen and oxygen atoms in total. The summed E-state index contributed by atoms with van der Waals surface area (Å²) in [5.41, 5.74) is 1.23. The van der Waals surface area contributed by atoms with Crippen LogP contribution in [0.4, 0.5) is 15.0 Å². The molecule has 1 aliphatic carbocycles. The molecule has 0 spiro atoms. The molecule has 1 atom stereocenters. The summed E-state index contributed by atoms with van der Waals surface area (Å²) in [6.45, 7) is 2.02. The SMILES string of the molecule is C[C@@H](OC(=O)Nc1c(-c2ccc(C34CCC(CC(=O)O)(CC3)OC4)c(F)c2)cnn1C)c1ccccc1Cl. The van der Waals surface area contributed by atoms with Gasteiger partial charge in [-0.3, -0.25) is 14.8 Å². The van der Waals surface area contributed by atoms with Crippen LogP contribution in [-0.4, -0.2) is 39.2 Å². The van der Waals surface area contributed by atoms with Crippen molar-refractivity contribution in [2.75, 3.05) is 11.9 Å². The Labute approximate surface area is 224 Å². The van der Waals surface area contributed by atoms with Crippen LogP contribution in [0.25, 0.3) is 11.1 Å². The number of carboxylic acids is 1. The van der Waals surface area contributed by atoms with Gasteiger partial charge in [0.05, 0.1) is 24.8 Å². The second-order valence-electron chi connectivity index (χ2n) is 10.2. The molecule has 10 heteroatoms. The van der Waals surface area contributed by atoms with Crippen molar-refractivity contribution in [2.24, 2.45) is 7.05 Å². The molecule has 3 aromatic rings. The highest BCUT2D eigenvalue weighted by molar-refractivity contribution is 6.31. The Bertz CT molecular complexity index is 1370. The third-order valence-corrected chi connectivity index (χ3v) is 8.23. The van der Waals surface area contributed by atoms with Gasteiger partial charge in [-0.2, -0.15) is 5.10 Å². The van der Waals surface area contributed by atoms with Gasteiger partial charge < -0.3 is 14.6 Å². The van der Waals surface area contributed by atoms with Crippen LogP contribution >= 0.6 is 11.6 Å². The third-order valence-electron chi connectivity index (χ3n) is 7.88. The molecule has 0 radical (unpaired) electrons. The van der Waals surface area contributed by atoms with E-state index in [9.17, 15) is 14.7 Å². The zero-order valence-electron chi connectivity index (χ0n) is 21.2. The molecular weight excluding hydrogens is 513 g/mol. The van der Waals surface area contributed by atoms with E-state index in [1.165, 1.54) is 10.7 Å². The Morgan fingerprint density at radius 2 is 1.97 bits per heavy atom. The number of halogens is 2. The van der Waals surface area contributed by atoms with Crippen LogP contribution in [-0.2, 0) is 26.7 Å². The zero-order valence-corrected chi connectivity index (χ0v) is 21.9. The number of anilines is 1. The number of amides is 1. The summed E-state index contributed by atoms with van der Waals surface area (Å²) >= 11 is 6.22. The van der Waals surface area contributed by atoms with Crippen LogP contribution < -0.4 is 5.32 Å². The van der Waals surface area contributed by atoms with Crippen LogP contribution in [0.1, 0.15) is 56.3 Å². The molecule has 2 aromatic carbocycles. The van der Waals surface area contributed by atoms with Gasteiger partial charge in [-0.1, -0.05) is 41.9 Å². The first-order chi connectivity index (χ1) is 18.1. The molecule has 1 saturated carbocycles. The first-order valence-corrected chi connectivity index (χ1v) is 12.9. The minimum Gasteiger partial charge on any atom is -0.481 e. The van der Waals surface area contributed by atoms with Gasteiger partial charge in [-0.15, -0.1) is 0 Å². The number of benzene rings is 2. The monoisotopic (exact) mass is 541 g/mol. The molecule has 2 N–H and O–H groups in total. The Morgan fingerprint density at radius 1 is 1.24 bits per heavy atom. The van der Waals surface area contributed by atoms with Crippen molar-refractivity contribution < 1.29 is 28.6 Å². The Hall–Kier alpha value is -3.43. The molecule has 1 amide bonds. The maximum atomic E-state index is 15.6. The number of fused-ring (bicyclic) bond motifs is 3. The lowest BCUT2D eigenvalue weighted by atomic mass is 9.62. The van der Waals surface area contributed by atoms with E-state index < -0.39 is 29.2 Å². The molecule has 3 aliphatic rings. The molecule has 0 unspecified atom stereocenters. The predicted molar refractivity (Wildman–Crippen MR) is 140 cm³/mol. The summed E-state index contributed by atoms with van der Waals surface area (Å²) in [7, 11) is 1.67. The second-order valence-corrected chi connectivity index (χ2v) is 10.6. The van der Waals surface area contributed by atoms with Crippen LogP contribution in [0.5, 0.6) is 0 Å². The average molecular weight is 542 g/mol. The highest BCUT2D eigenvalue weighted by Gasteiger charge is 2.52. The van der Waals surface area contributed by atoms with E-state index in [0.29, 0.717) is 65.4 Å². The van der Waals surface area contributed by atoms with Crippen molar-refractivity contribution in [3.8, 4) is 11.1 Å². The second kappa shape index (κ2) is 10.0. The van der Waals surface area contributed by atoms with Crippen molar-refractivity contribution in [2.45, 2.75) is 56.1 Å². The van der Waals surface area contributed by atoms with E-state index >= 15 is 4.39 Å². The summed E-state index contributed by atoms with van der Waals surface area (Å²) in [4.78, 5) is 24.0. The number of ether oxygens (including phenoxy) is 2. The average Bonchev–Trinajstić information content (AvgIpc) is 3.24. The van der Waals surface area contributed by atoms with Gasteiger partial charge in [-0.25, -0.2) is 9.18 Å². The fourth-order valence-electron chi connectivity index (χ4n) is 5.68. The third kappa shape index (κ3) is 4.88. The van der Waals surface area contributed by atoms with Gasteiger partial charge in [0.25, 0.3) is 0 Å². The number of carbonyl (C=O) groups excluding carboxylic acids is 1. The van der Waals surface area contributed by atoms with Crippen LogP contribution in [0, 0.1) is 5.82 Å². The first kappa shape index (κ1) is 26.2. The molecule has 200 valence electrons. The van der Waals surface area contributed by atoms with E-state index in [1.807, 2.05) is 6.07 Å². The molecular formula is C28H29ClFN3O5. The molecule has 3 heterocycles. The largest absolute Gasteiger partial charge is 0.481 e. The molecule has 6 rings (SSSR count). The lowest BCUT2D eigenvalue weighted by Gasteiger charge is -2.53. The summed E-state index contributed by atoms with van der Waals surface area (Å²) in [6.07, 6.45) is 2.78. The molecule has 2 aliphatic heterocycles. The van der Waals surface area contributed by atoms with Crippen molar-refractivity contribution in [3.05, 3.63) is 70.6 Å². The Kier molecular flexibility index (Phi) is 6.92. The fraction of sp³-hybridized carbons (Fsp3) is 0.393. The van der Waals surface area contributed by atoms with Crippen molar-refractivity contribution >= 4 is 29.5 Å². The number of aliphatic carboxylic acids is 1. The Morgan fingerprint density at radius 3 is 2.61 bits per heavy atom. The number of rotatable bonds is 7. The van der Waals surface area contributed by atoms with Gasteiger partial charge in [0.15, 0.2) is 0 Å². The van der Waals surface area contributed by atoms with E-state index in [0.717, 1.165) is 0 Å². The molecule has 2 bridgehead atoms. The van der Waals surface area contributed by atoms with Gasteiger partial charge in [-0.05, 0) is 55.9 Å². The number of aromatic nitrogens is 2. The highest BCUT2D eigenvalue weighted by Crippen LogP contribution is 2.52. The molecule has 1 aromatic heterocycles. The number of carbonyl (C=O) groups is 2. The van der Waals surface area contributed by atoms with Crippen LogP contribution in [0.2, 0.25) is 5.02 Å².